The molecule has 0 amide bonds. The van der Waals surface area contributed by atoms with Crippen LogP contribution in [0, 0.1) is 0 Å². The van der Waals surface area contributed by atoms with E-state index in [1.807, 2.05) is 0 Å². The van der Waals surface area contributed by atoms with E-state index in [9.17, 15) is 4.79 Å². The summed E-state index contributed by atoms with van der Waals surface area (Å²) in [5, 5.41) is 3.28. The topological polar surface area (TPSA) is 64.1 Å². The van der Waals surface area contributed by atoms with E-state index in [1.54, 1.807) is 0 Å². The van der Waals surface area contributed by atoms with Gasteiger partial charge in [0.05, 0.1) is 12.8 Å². The number of carbonyl (C=O) groups excluding carboxylic acids is 1. The Hall–Kier alpha value is -1.65. The molecule has 1 heterocycles. The molecule has 0 aliphatic heterocycles. The van der Waals surface area contributed by atoms with Gasteiger partial charge in [0.1, 0.15) is 5.82 Å². The molecule has 98 valence electrons. The molecule has 1 aromatic heterocycles. The third-order valence-electron chi connectivity index (χ3n) is 3.09. The molecule has 1 N–H and O–H groups in total. The normalized spacial score (nSPS) is 13.9. The van der Waals surface area contributed by atoms with Crippen LogP contribution in [0.2, 0.25) is 0 Å². The molecular formula is C13H19N3O2. The van der Waals surface area contributed by atoms with Crippen LogP contribution in [-0.2, 0) is 17.6 Å². The van der Waals surface area contributed by atoms with Crippen molar-refractivity contribution in [3.05, 3.63) is 17.1 Å². The van der Waals surface area contributed by atoms with Gasteiger partial charge in [0.2, 0.25) is 5.82 Å². The second-order valence-corrected chi connectivity index (χ2v) is 4.45. The fraction of sp³-hybridized carbons (Fsp3) is 0.615. The van der Waals surface area contributed by atoms with E-state index >= 15 is 0 Å². The average molecular weight is 249 g/mol. The van der Waals surface area contributed by atoms with Crippen LogP contribution in [0.1, 0.15) is 48.1 Å². The van der Waals surface area contributed by atoms with E-state index in [0.717, 1.165) is 50.2 Å². The third kappa shape index (κ3) is 2.60. The van der Waals surface area contributed by atoms with Crippen molar-refractivity contribution in [2.75, 3.05) is 19.0 Å². The van der Waals surface area contributed by atoms with Crippen LogP contribution in [0.3, 0.4) is 0 Å². The van der Waals surface area contributed by atoms with Crippen molar-refractivity contribution >= 4 is 11.8 Å². The minimum atomic E-state index is -0.470. The van der Waals surface area contributed by atoms with Gasteiger partial charge in [0.25, 0.3) is 0 Å². The van der Waals surface area contributed by atoms with Crippen LogP contribution >= 0.6 is 0 Å². The largest absolute Gasteiger partial charge is 0.463 e. The Morgan fingerprint density at radius 3 is 2.83 bits per heavy atom. The molecule has 0 saturated carbocycles. The summed E-state index contributed by atoms with van der Waals surface area (Å²) in [7, 11) is 1.35. The number of ether oxygens (including phenoxy) is 1. The first-order chi connectivity index (χ1) is 8.76. The number of rotatable bonds is 4. The summed E-state index contributed by atoms with van der Waals surface area (Å²) < 4.78 is 4.70. The van der Waals surface area contributed by atoms with E-state index in [0.29, 0.717) is 0 Å². The highest BCUT2D eigenvalue weighted by Gasteiger charge is 2.20. The number of nitrogens with zero attached hydrogens (tertiary/aromatic N) is 2. The maximum atomic E-state index is 11.6. The lowest BCUT2D eigenvalue weighted by Gasteiger charge is -2.19. The van der Waals surface area contributed by atoms with Crippen molar-refractivity contribution in [3.8, 4) is 0 Å². The van der Waals surface area contributed by atoms with Gasteiger partial charge < -0.3 is 10.1 Å². The lowest BCUT2D eigenvalue weighted by atomic mass is 9.96. The number of fused-ring (bicyclic) bond motifs is 1. The molecule has 0 atom stereocenters. The SMILES string of the molecule is CCCNc1nc(C(=O)OC)nc2c1CCCC2. The quantitative estimate of drug-likeness (QED) is 0.826. The zero-order chi connectivity index (χ0) is 13.0. The Bertz CT molecular complexity index is 446. The van der Waals surface area contributed by atoms with Crippen molar-refractivity contribution < 1.29 is 9.53 Å². The van der Waals surface area contributed by atoms with Gasteiger partial charge >= 0.3 is 5.97 Å². The van der Waals surface area contributed by atoms with Crippen LogP contribution in [-0.4, -0.2) is 29.6 Å². The highest BCUT2D eigenvalue weighted by atomic mass is 16.5. The molecule has 18 heavy (non-hydrogen) atoms. The monoisotopic (exact) mass is 249 g/mol. The molecule has 0 unspecified atom stereocenters. The Labute approximate surface area is 107 Å². The van der Waals surface area contributed by atoms with E-state index in [-0.39, 0.29) is 5.82 Å². The summed E-state index contributed by atoms with van der Waals surface area (Å²) >= 11 is 0. The predicted molar refractivity (Wildman–Crippen MR) is 68.8 cm³/mol. The Kier molecular flexibility index (Phi) is 4.12. The van der Waals surface area contributed by atoms with Crippen LogP contribution in [0.25, 0.3) is 0 Å². The zero-order valence-corrected chi connectivity index (χ0v) is 11.0. The smallest absolute Gasteiger partial charge is 0.376 e. The summed E-state index contributed by atoms with van der Waals surface area (Å²) in [6, 6.07) is 0. The minimum Gasteiger partial charge on any atom is -0.463 e. The van der Waals surface area contributed by atoms with E-state index in [4.69, 9.17) is 4.74 Å². The number of aryl methyl sites for hydroxylation is 1. The molecule has 0 aromatic carbocycles. The van der Waals surface area contributed by atoms with E-state index in [2.05, 4.69) is 22.2 Å². The summed E-state index contributed by atoms with van der Waals surface area (Å²) in [4.78, 5) is 20.2. The van der Waals surface area contributed by atoms with Gasteiger partial charge in [-0.05, 0) is 32.1 Å². The molecule has 1 aliphatic rings. The molecule has 0 saturated heterocycles. The number of nitrogens with one attached hydrogen (secondary N) is 1. The van der Waals surface area contributed by atoms with Crippen LogP contribution in [0.4, 0.5) is 5.82 Å². The summed E-state index contributed by atoms with van der Waals surface area (Å²) in [6.45, 7) is 2.95. The van der Waals surface area contributed by atoms with Crippen molar-refractivity contribution in [1.82, 2.24) is 9.97 Å². The van der Waals surface area contributed by atoms with Crippen LogP contribution in [0.15, 0.2) is 0 Å². The first-order valence-electron chi connectivity index (χ1n) is 6.48. The van der Waals surface area contributed by atoms with Gasteiger partial charge in [-0.3, -0.25) is 0 Å². The molecule has 1 aromatic rings. The highest BCUT2D eigenvalue weighted by Crippen LogP contribution is 2.25. The van der Waals surface area contributed by atoms with Gasteiger partial charge in [0.15, 0.2) is 0 Å². The number of esters is 1. The summed E-state index contributed by atoms with van der Waals surface area (Å²) in [5.41, 5.74) is 2.16. The van der Waals surface area contributed by atoms with E-state index < -0.39 is 5.97 Å². The first kappa shape index (κ1) is 12.8. The number of hydrogen-bond acceptors (Lipinski definition) is 5. The van der Waals surface area contributed by atoms with Crippen molar-refractivity contribution in [1.29, 1.82) is 0 Å². The molecule has 1 aliphatic carbocycles. The molecule has 0 bridgehead atoms. The van der Waals surface area contributed by atoms with Gasteiger partial charge in [-0.2, -0.15) is 0 Å². The van der Waals surface area contributed by atoms with Crippen molar-refractivity contribution in [2.45, 2.75) is 39.0 Å². The molecule has 5 heteroatoms. The predicted octanol–water partition coefficient (Wildman–Crippen LogP) is 1.96. The number of anilines is 1. The zero-order valence-electron chi connectivity index (χ0n) is 11.0. The number of methoxy groups -OCH3 is 1. The fourth-order valence-corrected chi connectivity index (χ4v) is 2.17. The molecule has 0 fully saturated rings. The lowest BCUT2D eigenvalue weighted by Crippen LogP contribution is -2.18. The van der Waals surface area contributed by atoms with Crippen LogP contribution in [0.5, 0.6) is 0 Å². The molecule has 0 radical (unpaired) electrons. The Morgan fingerprint density at radius 2 is 2.11 bits per heavy atom. The Morgan fingerprint density at radius 1 is 1.33 bits per heavy atom. The number of hydrogen-bond donors (Lipinski definition) is 1. The van der Waals surface area contributed by atoms with Crippen molar-refractivity contribution in [2.24, 2.45) is 0 Å². The van der Waals surface area contributed by atoms with Gasteiger partial charge in [-0.15, -0.1) is 0 Å². The summed E-state index contributed by atoms with van der Waals surface area (Å²) in [6.07, 6.45) is 5.21. The van der Waals surface area contributed by atoms with Gasteiger partial charge in [0, 0.05) is 12.1 Å². The number of carbonyl (C=O) groups is 1. The fourth-order valence-electron chi connectivity index (χ4n) is 2.17. The van der Waals surface area contributed by atoms with E-state index in [1.165, 1.54) is 12.7 Å². The van der Waals surface area contributed by atoms with Crippen LogP contribution < -0.4 is 5.32 Å². The standard InChI is InChI=1S/C13H19N3O2/c1-3-8-14-11-9-6-4-5-7-10(9)15-12(16-11)13(17)18-2/h3-8H2,1-2H3,(H,14,15,16). The Balaban J connectivity index is 2.37. The molecular weight excluding hydrogens is 230 g/mol. The second kappa shape index (κ2) is 5.80. The van der Waals surface area contributed by atoms with Gasteiger partial charge in [-0.25, -0.2) is 14.8 Å². The second-order valence-electron chi connectivity index (χ2n) is 4.45. The van der Waals surface area contributed by atoms with Crippen molar-refractivity contribution in [3.63, 3.8) is 0 Å². The average Bonchev–Trinajstić information content (AvgIpc) is 2.43. The maximum Gasteiger partial charge on any atom is 0.376 e. The lowest BCUT2D eigenvalue weighted by molar-refractivity contribution is 0.0586. The molecule has 5 nitrogen and oxygen atoms in total. The first-order valence-corrected chi connectivity index (χ1v) is 6.48. The molecule has 0 spiro atoms. The molecule has 2 rings (SSSR count). The third-order valence-corrected chi connectivity index (χ3v) is 3.09. The number of aromatic nitrogens is 2. The highest BCUT2D eigenvalue weighted by molar-refractivity contribution is 5.85. The minimum absolute atomic E-state index is 0.164. The van der Waals surface area contributed by atoms with Gasteiger partial charge in [-0.1, -0.05) is 6.92 Å². The summed E-state index contributed by atoms with van der Waals surface area (Å²) in [5.74, 6) is 0.502. The maximum absolute atomic E-state index is 11.6.